The highest BCUT2D eigenvalue weighted by Crippen LogP contribution is 2.41. The SMILES string of the molecule is O=C([C@@H]1C[C@H]2C[C@H]2N1)N(Cl)c1cncc(Br)n1. The van der Waals surface area contributed by atoms with Gasteiger partial charge in [-0.1, -0.05) is 0 Å². The number of halogens is 2. The highest BCUT2D eigenvalue weighted by molar-refractivity contribution is 9.10. The molecule has 1 saturated carbocycles. The lowest BCUT2D eigenvalue weighted by Gasteiger charge is -2.18. The summed E-state index contributed by atoms with van der Waals surface area (Å²) in [5.41, 5.74) is 0. The smallest absolute Gasteiger partial charge is 0.260 e. The molecule has 1 aliphatic carbocycles. The van der Waals surface area contributed by atoms with E-state index in [-0.39, 0.29) is 11.9 Å². The Hall–Kier alpha value is -0.720. The average molecular weight is 318 g/mol. The van der Waals surface area contributed by atoms with Crippen LogP contribution in [0.1, 0.15) is 12.8 Å². The van der Waals surface area contributed by atoms with Crippen molar-refractivity contribution in [3.8, 4) is 0 Å². The summed E-state index contributed by atoms with van der Waals surface area (Å²) in [6.45, 7) is 0. The lowest BCUT2D eigenvalue weighted by Crippen LogP contribution is -2.41. The maximum atomic E-state index is 12.1. The Kier molecular flexibility index (Phi) is 2.80. The molecule has 0 spiro atoms. The van der Waals surface area contributed by atoms with Crippen LogP contribution in [0.4, 0.5) is 5.82 Å². The molecular formula is C10H10BrClN4O. The number of amides is 1. The van der Waals surface area contributed by atoms with Crippen LogP contribution in [0.5, 0.6) is 0 Å². The standard InChI is InChI=1S/C10H10BrClN4O/c11-8-3-13-4-9(15-8)16(12)10(17)7-2-5-1-6(5)14-7/h3-7,14H,1-2H2/t5-,6-,7+/m1/s1. The normalized spacial score (nSPS) is 29.9. The summed E-state index contributed by atoms with van der Waals surface area (Å²) in [4.78, 5) is 20.1. The molecule has 17 heavy (non-hydrogen) atoms. The molecule has 0 radical (unpaired) electrons. The lowest BCUT2D eigenvalue weighted by molar-refractivity contribution is -0.119. The van der Waals surface area contributed by atoms with Crippen molar-refractivity contribution in [2.45, 2.75) is 24.9 Å². The Bertz CT molecular complexity index is 461. The molecule has 3 atom stereocenters. The first-order valence-corrected chi connectivity index (χ1v) is 6.51. The minimum atomic E-state index is -0.183. The van der Waals surface area contributed by atoms with Crippen molar-refractivity contribution >= 4 is 39.4 Å². The Labute approximate surface area is 112 Å². The number of anilines is 1. The van der Waals surface area contributed by atoms with E-state index >= 15 is 0 Å². The molecule has 1 saturated heterocycles. The number of hydrogen-bond donors (Lipinski definition) is 1. The molecule has 0 bridgehead atoms. The molecule has 2 fully saturated rings. The fraction of sp³-hybridized carbons (Fsp3) is 0.500. The number of piperidine rings is 1. The van der Waals surface area contributed by atoms with Crippen molar-refractivity contribution in [1.82, 2.24) is 15.3 Å². The molecule has 2 heterocycles. The Morgan fingerprint density at radius 1 is 1.53 bits per heavy atom. The van der Waals surface area contributed by atoms with Gasteiger partial charge in [0.1, 0.15) is 4.60 Å². The van der Waals surface area contributed by atoms with Crippen molar-refractivity contribution < 1.29 is 4.79 Å². The van der Waals surface area contributed by atoms with Crippen LogP contribution in [-0.4, -0.2) is 28.0 Å². The number of fused-ring (bicyclic) bond motifs is 1. The van der Waals surface area contributed by atoms with Crippen LogP contribution < -0.4 is 9.74 Å². The number of rotatable bonds is 2. The summed E-state index contributed by atoms with van der Waals surface area (Å²) >= 11 is 9.19. The summed E-state index contributed by atoms with van der Waals surface area (Å²) in [6, 6.07) is 0.333. The van der Waals surface area contributed by atoms with E-state index in [1.54, 1.807) is 6.20 Å². The van der Waals surface area contributed by atoms with Gasteiger partial charge >= 0.3 is 0 Å². The van der Waals surface area contributed by atoms with Crippen LogP contribution in [0.15, 0.2) is 17.0 Å². The summed E-state index contributed by atoms with van der Waals surface area (Å²) < 4.78 is 1.59. The molecule has 1 N–H and O–H groups in total. The second-order valence-electron chi connectivity index (χ2n) is 4.38. The van der Waals surface area contributed by atoms with Crippen molar-refractivity contribution in [3.63, 3.8) is 0 Å². The second kappa shape index (κ2) is 4.19. The van der Waals surface area contributed by atoms with E-state index in [1.807, 2.05) is 0 Å². The quantitative estimate of drug-likeness (QED) is 0.839. The molecule has 90 valence electrons. The van der Waals surface area contributed by atoms with Crippen LogP contribution in [0.2, 0.25) is 0 Å². The molecule has 1 aromatic rings. The third-order valence-corrected chi connectivity index (χ3v) is 3.88. The first kappa shape index (κ1) is 11.4. The van der Waals surface area contributed by atoms with Crippen LogP contribution in [0, 0.1) is 5.92 Å². The average Bonchev–Trinajstić information content (AvgIpc) is 2.94. The van der Waals surface area contributed by atoms with E-state index in [4.69, 9.17) is 11.8 Å². The summed E-state index contributed by atoms with van der Waals surface area (Å²) in [6.07, 6.45) is 5.06. The highest BCUT2D eigenvalue weighted by atomic mass is 79.9. The predicted molar refractivity (Wildman–Crippen MR) is 66.5 cm³/mol. The minimum Gasteiger partial charge on any atom is -0.303 e. The molecular weight excluding hydrogens is 307 g/mol. The van der Waals surface area contributed by atoms with E-state index in [9.17, 15) is 4.79 Å². The number of aromatic nitrogens is 2. The molecule has 0 unspecified atom stereocenters. The van der Waals surface area contributed by atoms with Crippen LogP contribution in [0.25, 0.3) is 0 Å². The Morgan fingerprint density at radius 2 is 2.35 bits per heavy atom. The maximum absolute atomic E-state index is 12.1. The maximum Gasteiger partial charge on any atom is 0.260 e. The van der Waals surface area contributed by atoms with Gasteiger partial charge in [-0.2, -0.15) is 0 Å². The number of nitrogens with zero attached hydrogens (tertiary/aromatic N) is 3. The van der Waals surface area contributed by atoms with Gasteiger partial charge in [-0.05, 0) is 34.7 Å². The zero-order chi connectivity index (χ0) is 12.0. The van der Waals surface area contributed by atoms with Crippen molar-refractivity contribution in [2.24, 2.45) is 5.92 Å². The van der Waals surface area contributed by atoms with Gasteiger partial charge in [-0.25, -0.2) is 9.40 Å². The molecule has 1 amide bonds. The third kappa shape index (κ3) is 2.17. The molecule has 1 aromatic heterocycles. The Morgan fingerprint density at radius 3 is 3.00 bits per heavy atom. The van der Waals surface area contributed by atoms with Crippen LogP contribution in [-0.2, 0) is 4.79 Å². The molecule has 0 aromatic carbocycles. The van der Waals surface area contributed by atoms with Gasteiger partial charge < -0.3 is 5.32 Å². The number of carbonyl (C=O) groups excluding carboxylic acids is 1. The second-order valence-corrected chi connectivity index (χ2v) is 5.53. The van der Waals surface area contributed by atoms with E-state index < -0.39 is 0 Å². The van der Waals surface area contributed by atoms with Gasteiger partial charge in [-0.15, -0.1) is 0 Å². The summed E-state index contributed by atoms with van der Waals surface area (Å²) in [5.74, 6) is 0.835. The van der Waals surface area contributed by atoms with E-state index in [0.29, 0.717) is 22.4 Å². The molecule has 5 nitrogen and oxygen atoms in total. The fourth-order valence-corrected chi connectivity index (χ4v) is 2.69. The predicted octanol–water partition coefficient (Wildman–Crippen LogP) is 1.48. The number of carbonyl (C=O) groups is 1. The van der Waals surface area contributed by atoms with Gasteiger partial charge in [0.25, 0.3) is 5.91 Å². The zero-order valence-corrected chi connectivity index (χ0v) is 11.1. The van der Waals surface area contributed by atoms with Gasteiger partial charge in [0.05, 0.1) is 18.4 Å². The van der Waals surface area contributed by atoms with Gasteiger partial charge in [0, 0.05) is 17.8 Å². The van der Waals surface area contributed by atoms with Crippen LogP contribution >= 0.6 is 27.7 Å². The van der Waals surface area contributed by atoms with E-state index in [2.05, 4.69) is 31.2 Å². The molecule has 7 heteroatoms. The van der Waals surface area contributed by atoms with Gasteiger partial charge in [-0.3, -0.25) is 9.78 Å². The van der Waals surface area contributed by atoms with Gasteiger partial charge in [0.2, 0.25) is 0 Å². The fourth-order valence-electron chi connectivity index (χ4n) is 2.19. The summed E-state index contributed by atoms with van der Waals surface area (Å²) in [5, 5.41) is 3.26. The molecule has 1 aliphatic heterocycles. The lowest BCUT2D eigenvalue weighted by atomic mass is 10.2. The van der Waals surface area contributed by atoms with Crippen molar-refractivity contribution in [1.29, 1.82) is 0 Å². The largest absolute Gasteiger partial charge is 0.303 e. The van der Waals surface area contributed by atoms with Crippen molar-refractivity contribution in [3.05, 3.63) is 17.0 Å². The zero-order valence-electron chi connectivity index (χ0n) is 8.81. The van der Waals surface area contributed by atoms with Crippen molar-refractivity contribution in [2.75, 3.05) is 4.42 Å². The molecule has 3 rings (SSSR count). The topological polar surface area (TPSA) is 58.1 Å². The molecule has 2 aliphatic rings. The van der Waals surface area contributed by atoms with Gasteiger partial charge in [0.15, 0.2) is 5.82 Å². The number of nitrogens with one attached hydrogen (secondary N) is 1. The first-order valence-electron chi connectivity index (χ1n) is 5.38. The minimum absolute atomic E-state index is 0.161. The third-order valence-electron chi connectivity index (χ3n) is 3.16. The number of hydrogen-bond acceptors (Lipinski definition) is 4. The van der Waals surface area contributed by atoms with E-state index in [1.165, 1.54) is 12.6 Å². The summed E-state index contributed by atoms with van der Waals surface area (Å²) in [7, 11) is 0. The first-order chi connectivity index (χ1) is 8.15. The highest BCUT2D eigenvalue weighted by Gasteiger charge is 2.48. The monoisotopic (exact) mass is 316 g/mol. The Balaban J connectivity index is 1.73. The van der Waals surface area contributed by atoms with Crippen LogP contribution in [0.3, 0.4) is 0 Å². The van der Waals surface area contributed by atoms with E-state index in [0.717, 1.165) is 10.8 Å².